The van der Waals surface area contributed by atoms with E-state index < -0.39 is 11.9 Å². The number of aryl methyl sites for hydroxylation is 2. The summed E-state index contributed by atoms with van der Waals surface area (Å²) in [5.74, 6) is 0.0655. The maximum Gasteiger partial charge on any atom is 0.341 e. The Morgan fingerprint density at radius 3 is 2.31 bits per heavy atom. The maximum absolute atomic E-state index is 13.3. The van der Waals surface area contributed by atoms with Crippen molar-refractivity contribution in [2.24, 2.45) is 0 Å². The zero-order valence-corrected chi connectivity index (χ0v) is 22.4. The molecule has 1 amide bonds. The van der Waals surface area contributed by atoms with Crippen LogP contribution in [0.15, 0.2) is 34.1 Å². The molecule has 0 fully saturated rings. The molecule has 184 valence electrons. The third-order valence-corrected chi connectivity index (χ3v) is 7.76. The number of esters is 1. The Labute approximate surface area is 216 Å². The lowest BCUT2D eigenvalue weighted by Crippen LogP contribution is -2.15. The smallest absolute Gasteiger partial charge is 0.341 e. The highest BCUT2D eigenvalue weighted by molar-refractivity contribution is 9.10. The van der Waals surface area contributed by atoms with Crippen LogP contribution in [0.25, 0.3) is 11.1 Å². The zero-order chi connectivity index (χ0) is 25.1. The van der Waals surface area contributed by atoms with Crippen molar-refractivity contribution >= 4 is 44.1 Å². The van der Waals surface area contributed by atoms with E-state index in [2.05, 4.69) is 33.4 Å². The maximum atomic E-state index is 13.3. The van der Waals surface area contributed by atoms with Crippen LogP contribution in [0.4, 0.5) is 5.00 Å². The molecule has 3 aromatic rings. The lowest BCUT2D eigenvalue weighted by atomic mass is 9.89. The van der Waals surface area contributed by atoms with Gasteiger partial charge in [-0.05, 0) is 64.4 Å². The van der Waals surface area contributed by atoms with Gasteiger partial charge in [-0.1, -0.05) is 18.2 Å². The molecule has 0 saturated carbocycles. The molecule has 0 bridgehead atoms. The minimum Gasteiger partial charge on any atom is -0.493 e. The molecule has 0 unspecified atom stereocenters. The molecule has 1 heterocycles. The van der Waals surface area contributed by atoms with Crippen molar-refractivity contribution in [3.63, 3.8) is 0 Å². The van der Waals surface area contributed by atoms with Gasteiger partial charge in [-0.25, -0.2) is 4.79 Å². The number of benzene rings is 2. The number of halogens is 1. The van der Waals surface area contributed by atoms with E-state index in [0.717, 1.165) is 30.4 Å². The van der Waals surface area contributed by atoms with Gasteiger partial charge in [0.15, 0.2) is 11.5 Å². The minimum atomic E-state index is -0.516. The number of nitrogens with one attached hydrogen (secondary N) is 1. The molecule has 1 aromatic heterocycles. The Bertz CT molecular complexity index is 1290. The Balaban J connectivity index is 1.74. The first-order chi connectivity index (χ1) is 16.9. The van der Waals surface area contributed by atoms with E-state index in [0.29, 0.717) is 32.3 Å². The predicted molar refractivity (Wildman–Crippen MR) is 139 cm³/mol. The molecule has 1 aliphatic rings. The molecule has 7 nitrogen and oxygen atoms in total. The van der Waals surface area contributed by atoms with Crippen molar-refractivity contribution < 1.29 is 28.5 Å². The Kier molecular flexibility index (Phi) is 7.66. The van der Waals surface area contributed by atoms with Gasteiger partial charge in [0.2, 0.25) is 5.75 Å². The SMILES string of the molecule is COC(=O)c1c(-c2ccc3c(c2)CCCC3)csc1NC(=O)c1cc(OC)c(OC)c(OC)c1Br. The fourth-order valence-electron chi connectivity index (χ4n) is 4.32. The Morgan fingerprint density at radius 1 is 0.943 bits per heavy atom. The van der Waals surface area contributed by atoms with E-state index in [4.69, 9.17) is 18.9 Å². The Morgan fingerprint density at radius 2 is 1.66 bits per heavy atom. The second-order valence-corrected chi connectivity index (χ2v) is 9.67. The molecule has 1 N–H and O–H groups in total. The average molecular weight is 560 g/mol. The van der Waals surface area contributed by atoms with Gasteiger partial charge in [-0.3, -0.25) is 4.79 Å². The third kappa shape index (κ3) is 4.75. The van der Waals surface area contributed by atoms with E-state index in [1.165, 1.54) is 57.3 Å². The molecule has 1 aliphatic carbocycles. The number of rotatable bonds is 7. The summed E-state index contributed by atoms with van der Waals surface area (Å²) in [5, 5.41) is 5.14. The highest BCUT2D eigenvalue weighted by Gasteiger charge is 2.27. The van der Waals surface area contributed by atoms with Crippen molar-refractivity contribution in [2.75, 3.05) is 33.8 Å². The molecule has 0 spiro atoms. The second-order valence-electron chi connectivity index (χ2n) is 8.00. The van der Waals surface area contributed by atoms with Crippen LogP contribution in [0.2, 0.25) is 0 Å². The average Bonchev–Trinajstić information content (AvgIpc) is 3.30. The van der Waals surface area contributed by atoms with E-state index in [1.54, 1.807) is 6.07 Å². The van der Waals surface area contributed by atoms with Gasteiger partial charge >= 0.3 is 5.97 Å². The second kappa shape index (κ2) is 10.7. The number of fused-ring (bicyclic) bond motifs is 1. The summed E-state index contributed by atoms with van der Waals surface area (Å²) in [6, 6.07) is 7.86. The van der Waals surface area contributed by atoms with Gasteiger partial charge in [-0.2, -0.15) is 0 Å². The third-order valence-electron chi connectivity index (χ3n) is 6.08. The predicted octanol–water partition coefficient (Wildman–Crippen LogP) is 6.12. The molecule has 4 rings (SSSR count). The van der Waals surface area contributed by atoms with Gasteiger partial charge < -0.3 is 24.3 Å². The van der Waals surface area contributed by atoms with Crippen molar-refractivity contribution in [3.8, 4) is 28.4 Å². The van der Waals surface area contributed by atoms with Crippen LogP contribution in [0.1, 0.15) is 44.7 Å². The number of methoxy groups -OCH3 is 4. The van der Waals surface area contributed by atoms with Crippen LogP contribution in [-0.2, 0) is 17.6 Å². The standard InChI is InChI=1S/C26H26BrNO6S/c1-31-19-12-17(21(27)23(33-3)22(19)32-2)24(29)28-25-20(26(30)34-4)18(13-35-25)16-10-9-14-7-5-6-8-15(14)11-16/h9-13H,5-8H2,1-4H3,(H,28,29). The number of carbonyl (C=O) groups excluding carboxylic acids is 2. The lowest BCUT2D eigenvalue weighted by molar-refractivity contribution is 0.0603. The van der Waals surface area contributed by atoms with Gasteiger partial charge in [0.25, 0.3) is 5.91 Å². The molecule has 35 heavy (non-hydrogen) atoms. The largest absolute Gasteiger partial charge is 0.493 e. The van der Waals surface area contributed by atoms with Crippen LogP contribution in [0.5, 0.6) is 17.2 Å². The van der Waals surface area contributed by atoms with Crippen LogP contribution in [-0.4, -0.2) is 40.3 Å². The fourth-order valence-corrected chi connectivity index (χ4v) is 5.91. The van der Waals surface area contributed by atoms with Crippen LogP contribution in [0.3, 0.4) is 0 Å². The van der Waals surface area contributed by atoms with Crippen LogP contribution >= 0.6 is 27.3 Å². The molecule has 2 aromatic carbocycles. The summed E-state index contributed by atoms with van der Waals surface area (Å²) in [4.78, 5) is 26.1. The number of ether oxygens (including phenoxy) is 4. The molecule has 0 saturated heterocycles. The van der Waals surface area contributed by atoms with E-state index in [-0.39, 0.29) is 5.56 Å². The van der Waals surface area contributed by atoms with Crippen LogP contribution < -0.4 is 19.5 Å². The summed E-state index contributed by atoms with van der Waals surface area (Å²) in [6.07, 6.45) is 4.47. The van der Waals surface area contributed by atoms with E-state index >= 15 is 0 Å². The molecule has 0 radical (unpaired) electrons. The first kappa shape index (κ1) is 25.1. The van der Waals surface area contributed by atoms with Crippen molar-refractivity contribution in [3.05, 3.63) is 56.4 Å². The molecule has 0 atom stereocenters. The topological polar surface area (TPSA) is 83.1 Å². The summed E-state index contributed by atoms with van der Waals surface area (Å²) in [5.41, 5.74) is 4.91. The number of hydrogen-bond donors (Lipinski definition) is 1. The Hall–Kier alpha value is -3.04. The highest BCUT2D eigenvalue weighted by atomic mass is 79.9. The monoisotopic (exact) mass is 559 g/mol. The fraction of sp³-hybridized carbons (Fsp3) is 0.308. The first-order valence-electron chi connectivity index (χ1n) is 11.0. The van der Waals surface area contributed by atoms with E-state index in [9.17, 15) is 9.59 Å². The summed E-state index contributed by atoms with van der Waals surface area (Å²) in [6.45, 7) is 0. The van der Waals surface area contributed by atoms with E-state index in [1.807, 2.05) is 11.4 Å². The first-order valence-corrected chi connectivity index (χ1v) is 12.7. The van der Waals surface area contributed by atoms with Gasteiger partial charge in [0, 0.05) is 10.9 Å². The normalized spacial score (nSPS) is 12.5. The summed E-state index contributed by atoms with van der Waals surface area (Å²) < 4.78 is 21.7. The number of thiophene rings is 1. The lowest BCUT2D eigenvalue weighted by Gasteiger charge is -2.17. The van der Waals surface area contributed by atoms with Gasteiger partial charge in [0.05, 0.1) is 38.5 Å². The van der Waals surface area contributed by atoms with Crippen molar-refractivity contribution in [1.29, 1.82) is 0 Å². The minimum absolute atomic E-state index is 0.263. The summed E-state index contributed by atoms with van der Waals surface area (Å²) >= 11 is 4.71. The summed E-state index contributed by atoms with van der Waals surface area (Å²) in [7, 11) is 5.77. The number of carbonyl (C=O) groups is 2. The van der Waals surface area contributed by atoms with Gasteiger partial charge in [0.1, 0.15) is 10.6 Å². The van der Waals surface area contributed by atoms with Crippen molar-refractivity contribution in [1.82, 2.24) is 0 Å². The quantitative estimate of drug-likeness (QED) is 0.351. The van der Waals surface area contributed by atoms with Crippen LogP contribution in [0, 0.1) is 0 Å². The molecule has 9 heteroatoms. The molecular weight excluding hydrogens is 534 g/mol. The van der Waals surface area contributed by atoms with Gasteiger partial charge in [-0.15, -0.1) is 11.3 Å². The zero-order valence-electron chi connectivity index (χ0n) is 20.0. The number of amides is 1. The highest BCUT2D eigenvalue weighted by Crippen LogP contribution is 2.45. The van der Waals surface area contributed by atoms with Crippen molar-refractivity contribution in [2.45, 2.75) is 25.7 Å². The number of hydrogen-bond acceptors (Lipinski definition) is 7. The molecular formula is C26H26BrNO6S. The molecule has 0 aliphatic heterocycles. The number of anilines is 1.